The van der Waals surface area contributed by atoms with Crippen LogP contribution in [0.25, 0.3) is 0 Å². The highest BCUT2D eigenvalue weighted by Crippen LogP contribution is 2.34. The first kappa shape index (κ1) is 18.8. The van der Waals surface area contributed by atoms with E-state index in [1.807, 2.05) is 4.57 Å². The van der Waals surface area contributed by atoms with E-state index in [2.05, 4.69) is 11.9 Å². The van der Waals surface area contributed by atoms with E-state index in [1.165, 1.54) is 7.11 Å². The molecule has 0 saturated heterocycles. The molecule has 2 rings (SSSR count). The van der Waals surface area contributed by atoms with Crippen LogP contribution in [0.3, 0.4) is 0 Å². The van der Waals surface area contributed by atoms with E-state index in [9.17, 15) is 4.79 Å². The van der Waals surface area contributed by atoms with Gasteiger partial charge in [0.25, 0.3) is 0 Å². The topological polar surface area (TPSA) is 53.4 Å². The van der Waals surface area contributed by atoms with Crippen LogP contribution in [-0.4, -0.2) is 29.7 Å². The van der Waals surface area contributed by atoms with Crippen molar-refractivity contribution in [3.05, 3.63) is 45.5 Å². The van der Waals surface area contributed by atoms with Crippen molar-refractivity contribution in [2.24, 2.45) is 0 Å². The number of aldehydes is 1. The predicted octanol–water partition coefficient (Wildman–Crippen LogP) is 4.38. The van der Waals surface area contributed by atoms with Gasteiger partial charge in [0.15, 0.2) is 18.8 Å². The second-order valence-corrected chi connectivity index (χ2v) is 6.16. The maximum absolute atomic E-state index is 11.3. The third-order valence-electron chi connectivity index (χ3n) is 3.56. The van der Waals surface area contributed by atoms with E-state index >= 15 is 0 Å². The molecule has 0 N–H and O–H groups in total. The van der Waals surface area contributed by atoms with Crippen molar-refractivity contribution in [3.8, 4) is 5.75 Å². The number of hydrogen-bond acceptors (Lipinski definition) is 4. The van der Waals surface area contributed by atoms with Gasteiger partial charge in [-0.15, -0.1) is 0 Å². The normalized spacial score (nSPS) is 10.8. The molecule has 130 valence electrons. The van der Waals surface area contributed by atoms with Crippen molar-refractivity contribution < 1.29 is 14.3 Å². The largest absolute Gasteiger partial charge is 0.464 e. The van der Waals surface area contributed by atoms with Crippen molar-refractivity contribution in [2.75, 3.05) is 13.9 Å². The van der Waals surface area contributed by atoms with E-state index < -0.39 is 0 Å². The number of methoxy groups -OCH3 is 1. The number of aryl methyl sites for hydroxylation is 1. The number of carbonyl (C=O) groups excluding carboxylic acids is 1. The number of benzene rings is 1. The molecular formula is C17H20Cl2N2O3. The number of halogens is 2. The third-order valence-corrected chi connectivity index (χ3v) is 4.13. The molecule has 2 aromatic rings. The number of nitrogens with zero attached hydrogens (tertiary/aromatic N) is 2. The lowest BCUT2D eigenvalue weighted by atomic mass is 10.2. The highest BCUT2D eigenvalue weighted by molar-refractivity contribution is 6.37. The molecule has 0 aliphatic heterocycles. The van der Waals surface area contributed by atoms with Gasteiger partial charge in [0.1, 0.15) is 11.5 Å². The van der Waals surface area contributed by atoms with Crippen molar-refractivity contribution in [3.63, 3.8) is 0 Å². The number of carbonyl (C=O) groups is 1. The summed E-state index contributed by atoms with van der Waals surface area (Å²) in [7, 11) is 1.52. The number of unbranched alkanes of at least 4 members (excludes halogenated alkanes) is 1. The Morgan fingerprint density at radius 1 is 1.29 bits per heavy atom. The molecule has 1 aromatic heterocycles. The standard InChI is InChI=1S/C17H20Cl2N2O3/c1-3-4-5-16-20-8-13(10-22)21(16)9-12-6-14(18)17(15(19)7-12)24-11-23-2/h6-8,10H,3-5,9,11H2,1-2H3. The minimum Gasteiger partial charge on any atom is -0.464 e. The Morgan fingerprint density at radius 2 is 2.00 bits per heavy atom. The molecule has 0 aliphatic rings. The van der Waals surface area contributed by atoms with Gasteiger partial charge in [-0.05, 0) is 24.1 Å². The lowest BCUT2D eigenvalue weighted by Crippen LogP contribution is -2.09. The zero-order valence-corrected chi connectivity index (χ0v) is 15.2. The van der Waals surface area contributed by atoms with E-state index in [1.54, 1.807) is 18.3 Å². The summed E-state index contributed by atoms with van der Waals surface area (Å²) < 4.78 is 12.1. The molecule has 0 unspecified atom stereocenters. The summed E-state index contributed by atoms with van der Waals surface area (Å²) in [4.78, 5) is 15.6. The Hall–Kier alpha value is -1.56. The van der Waals surface area contributed by atoms with Crippen LogP contribution in [0.4, 0.5) is 0 Å². The van der Waals surface area contributed by atoms with Gasteiger partial charge in [-0.25, -0.2) is 4.98 Å². The van der Waals surface area contributed by atoms with Gasteiger partial charge in [-0.3, -0.25) is 4.79 Å². The van der Waals surface area contributed by atoms with Gasteiger partial charge >= 0.3 is 0 Å². The summed E-state index contributed by atoms with van der Waals surface area (Å²) in [6.45, 7) is 2.65. The Morgan fingerprint density at radius 3 is 2.58 bits per heavy atom. The molecule has 7 heteroatoms. The zero-order chi connectivity index (χ0) is 17.5. The fourth-order valence-electron chi connectivity index (χ4n) is 2.38. The molecule has 0 fully saturated rings. The van der Waals surface area contributed by atoms with E-state index in [0.29, 0.717) is 28.0 Å². The van der Waals surface area contributed by atoms with Gasteiger partial charge in [0.05, 0.1) is 16.2 Å². The predicted molar refractivity (Wildman–Crippen MR) is 94.3 cm³/mol. The third kappa shape index (κ3) is 4.50. The Kier molecular flexibility index (Phi) is 7.09. The summed E-state index contributed by atoms with van der Waals surface area (Å²) in [5.74, 6) is 1.27. The van der Waals surface area contributed by atoms with E-state index in [4.69, 9.17) is 32.7 Å². The van der Waals surface area contributed by atoms with Crippen molar-refractivity contribution in [2.45, 2.75) is 32.7 Å². The van der Waals surface area contributed by atoms with Gasteiger partial charge < -0.3 is 14.0 Å². The summed E-state index contributed by atoms with van der Waals surface area (Å²) in [5.41, 5.74) is 1.40. The molecule has 0 bridgehead atoms. The molecule has 0 radical (unpaired) electrons. The fourth-order valence-corrected chi connectivity index (χ4v) is 3.02. The Bertz CT molecular complexity index is 678. The van der Waals surface area contributed by atoms with Crippen LogP contribution in [0.15, 0.2) is 18.3 Å². The highest BCUT2D eigenvalue weighted by Gasteiger charge is 2.14. The molecule has 1 heterocycles. The van der Waals surface area contributed by atoms with E-state index in [-0.39, 0.29) is 6.79 Å². The van der Waals surface area contributed by atoms with Gasteiger partial charge in [0.2, 0.25) is 0 Å². The summed E-state index contributed by atoms with van der Waals surface area (Å²) in [5, 5.41) is 0.801. The molecular weight excluding hydrogens is 351 g/mol. The van der Waals surface area contributed by atoms with Crippen molar-refractivity contribution >= 4 is 29.5 Å². The van der Waals surface area contributed by atoms with Crippen molar-refractivity contribution in [1.82, 2.24) is 9.55 Å². The molecule has 0 spiro atoms. The van der Waals surface area contributed by atoms with Gasteiger partial charge in [-0.1, -0.05) is 36.5 Å². The number of hydrogen-bond donors (Lipinski definition) is 0. The molecule has 0 saturated carbocycles. The van der Waals surface area contributed by atoms with Crippen LogP contribution in [0.1, 0.15) is 41.6 Å². The Balaban J connectivity index is 2.28. The lowest BCUT2D eigenvalue weighted by molar-refractivity contribution is 0.0512. The number of rotatable bonds is 9. The summed E-state index contributed by atoms with van der Waals surface area (Å²) in [6, 6.07) is 3.55. The van der Waals surface area contributed by atoms with Crippen LogP contribution in [0.5, 0.6) is 5.75 Å². The first-order valence-corrected chi connectivity index (χ1v) is 8.45. The number of ether oxygens (including phenoxy) is 2. The smallest absolute Gasteiger partial charge is 0.188 e. The average molecular weight is 371 g/mol. The summed E-state index contributed by atoms with van der Waals surface area (Å²) >= 11 is 12.5. The molecule has 0 aliphatic carbocycles. The van der Waals surface area contributed by atoms with Crippen LogP contribution >= 0.6 is 23.2 Å². The first-order valence-electron chi connectivity index (χ1n) is 7.69. The quantitative estimate of drug-likeness (QED) is 0.485. The average Bonchev–Trinajstić information content (AvgIpc) is 2.94. The zero-order valence-electron chi connectivity index (χ0n) is 13.7. The number of aromatic nitrogens is 2. The second kappa shape index (κ2) is 9.06. The van der Waals surface area contributed by atoms with Crippen LogP contribution in [-0.2, 0) is 17.7 Å². The first-order chi connectivity index (χ1) is 11.6. The highest BCUT2D eigenvalue weighted by atomic mass is 35.5. The minimum absolute atomic E-state index is 0.0662. The fraction of sp³-hybridized carbons (Fsp3) is 0.412. The monoisotopic (exact) mass is 370 g/mol. The molecule has 0 atom stereocenters. The second-order valence-electron chi connectivity index (χ2n) is 5.35. The van der Waals surface area contributed by atoms with Crippen LogP contribution in [0.2, 0.25) is 10.0 Å². The molecule has 1 aromatic carbocycles. The lowest BCUT2D eigenvalue weighted by Gasteiger charge is -2.13. The van der Waals surface area contributed by atoms with Gasteiger partial charge in [-0.2, -0.15) is 0 Å². The van der Waals surface area contributed by atoms with Crippen LogP contribution < -0.4 is 4.74 Å². The maximum atomic E-state index is 11.3. The van der Waals surface area contributed by atoms with E-state index in [0.717, 1.165) is 36.9 Å². The van der Waals surface area contributed by atoms with Crippen LogP contribution in [0, 0.1) is 0 Å². The molecule has 5 nitrogen and oxygen atoms in total. The number of imidazole rings is 1. The SMILES string of the molecule is CCCCc1ncc(C=O)n1Cc1cc(Cl)c(OCOC)c(Cl)c1. The molecule has 0 amide bonds. The van der Waals surface area contributed by atoms with Crippen molar-refractivity contribution in [1.29, 1.82) is 0 Å². The van der Waals surface area contributed by atoms with Gasteiger partial charge in [0, 0.05) is 20.1 Å². The minimum atomic E-state index is 0.0662. The maximum Gasteiger partial charge on any atom is 0.188 e. The molecule has 24 heavy (non-hydrogen) atoms. The summed E-state index contributed by atoms with van der Waals surface area (Å²) in [6.07, 6.45) is 5.30. The Labute approximate surface area is 151 Å².